The lowest BCUT2D eigenvalue weighted by atomic mass is 10.3. The highest BCUT2D eigenvalue weighted by Gasteiger charge is 2.15. The fourth-order valence-electron chi connectivity index (χ4n) is 1.47. The van der Waals surface area contributed by atoms with Crippen molar-refractivity contribution >= 4 is 27.8 Å². The quantitative estimate of drug-likeness (QED) is 0.895. The molecule has 1 aromatic heterocycles. The number of nitrogens with one attached hydrogen (secondary N) is 1. The van der Waals surface area contributed by atoms with E-state index in [0.29, 0.717) is 10.4 Å². The van der Waals surface area contributed by atoms with Crippen LogP contribution in [0, 0.1) is 6.92 Å². The van der Waals surface area contributed by atoms with Gasteiger partial charge in [-0.15, -0.1) is 0 Å². The smallest absolute Gasteiger partial charge is 0.410 e. The molecule has 2 aromatic rings. The number of benzene rings is 1. The number of halogens is 1. The zero-order valence-corrected chi connectivity index (χ0v) is 10.6. The summed E-state index contributed by atoms with van der Waals surface area (Å²) in [5.74, 6) is 0.440. The van der Waals surface area contributed by atoms with Gasteiger partial charge in [0.05, 0.1) is 5.69 Å². The van der Waals surface area contributed by atoms with Crippen LogP contribution in [-0.4, -0.2) is 21.0 Å². The standard InChI is InChI=1S/C11H10BrN3O2/c1-7-9(12)14-15(10(7)13-11(16)17)8-5-3-2-4-6-8/h2-6,13H,1H3,(H,16,17). The van der Waals surface area contributed by atoms with Gasteiger partial charge in [-0.1, -0.05) is 18.2 Å². The molecule has 0 unspecified atom stereocenters. The number of hydrogen-bond acceptors (Lipinski definition) is 2. The lowest BCUT2D eigenvalue weighted by molar-refractivity contribution is 0.209. The third-order valence-electron chi connectivity index (χ3n) is 2.29. The summed E-state index contributed by atoms with van der Waals surface area (Å²) in [5, 5.41) is 15.4. The summed E-state index contributed by atoms with van der Waals surface area (Å²) in [6.07, 6.45) is -1.11. The molecule has 0 aliphatic carbocycles. The molecule has 0 aliphatic rings. The van der Waals surface area contributed by atoms with Crippen molar-refractivity contribution in [3.05, 3.63) is 40.5 Å². The van der Waals surface area contributed by atoms with Gasteiger partial charge in [0.25, 0.3) is 0 Å². The number of carboxylic acid groups (broad SMARTS) is 1. The summed E-state index contributed by atoms with van der Waals surface area (Å²) in [6.45, 7) is 1.79. The highest BCUT2D eigenvalue weighted by atomic mass is 79.9. The van der Waals surface area contributed by atoms with E-state index in [1.54, 1.807) is 11.6 Å². The lowest BCUT2D eigenvalue weighted by Gasteiger charge is -2.07. The fraction of sp³-hybridized carbons (Fsp3) is 0.0909. The van der Waals surface area contributed by atoms with Crippen LogP contribution in [0.2, 0.25) is 0 Å². The van der Waals surface area contributed by atoms with Gasteiger partial charge < -0.3 is 5.11 Å². The molecule has 6 heteroatoms. The number of anilines is 1. The second-order valence-electron chi connectivity index (χ2n) is 3.44. The fourth-order valence-corrected chi connectivity index (χ4v) is 1.82. The van der Waals surface area contributed by atoms with Crippen molar-refractivity contribution < 1.29 is 9.90 Å². The largest absolute Gasteiger partial charge is 0.465 e. The second-order valence-corrected chi connectivity index (χ2v) is 4.19. The van der Waals surface area contributed by atoms with Gasteiger partial charge in [-0.05, 0) is 35.0 Å². The Hall–Kier alpha value is -1.82. The maximum absolute atomic E-state index is 10.7. The molecule has 88 valence electrons. The predicted octanol–water partition coefficient (Wildman–Crippen LogP) is 3.03. The summed E-state index contributed by atoms with van der Waals surface area (Å²) < 4.78 is 2.16. The Bertz CT molecular complexity index is 551. The topological polar surface area (TPSA) is 67.2 Å². The molecule has 1 heterocycles. The van der Waals surface area contributed by atoms with E-state index >= 15 is 0 Å². The van der Waals surface area contributed by atoms with E-state index in [1.165, 1.54) is 0 Å². The maximum Gasteiger partial charge on any atom is 0.410 e. The Kier molecular flexibility index (Phi) is 3.14. The number of nitrogens with zero attached hydrogens (tertiary/aromatic N) is 2. The Balaban J connectivity index is 2.54. The van der Waals surface area contributed by atoms with Gasteiger partial charge in [0.15, 0.2) is 0 Å². The molecule has 2 N–H and O–H groups in total. The van der Waals surface area contributed by atoms with Gasteiger partial charge in [-0.2, -0.15) is 5.10 Å². The van der Waals surface area contributed by atoms with E-state index in [4.69, 9.17) is 5.11 Å². The average Bonchev–Trinajstić information content (AvgIpc) is 2.58. The van der Waals surface area contributed by atoms with Crippen LogP contribution in [0.25, 0.3) is 5.69 Å². The van der Waals surface area contributed by atoms with E-state index in [-0.39, 0.29) is 0 Å². The first-order valence-corrected chi connectivity index (χ1v) is 5.69. The minimum absolute atomic E-state index is 0.440. The second kappa shape index (κ2) is 4.58. The number of para-hydroxylation sites is 1. The molecule has 0 spiro atoms. The zero-order chi connectivity index (χ0) is 12.4. The summed E-state index contributed by atoms with van der Waals surface area (Å²) >= 11 is 3.29. The molecule has 0 aliphatic heterocycles. The van der Waals surface area contributed by atoms with Crippen LogP contribution >= 0.6 is 15.9 Å². The van der Waals surface area contributed by atoms with E-state index < -0.39 is 6.09 Å². The monoisotopic (exact) mass is 295 g/mol. The van der Waals surface area contributed by atoms with E-state index in [0.717, 1.165) is 11.3 Å². The van der Waals surface area contributed by atoms with Crippen LogP contribution in [0.5, 0.6) is 0 Å². The third-order valence-corrected chi connectivity index (χ3v) is 3.04. The molecule has 0 radical (unpaired) electrons. The van der Waals surface area contributed by atoms with Crippen LogP contribution in [0.3, 0.4) is 0 Å². The van der Waals surface area contributed by atoms with Crippen LogP contribution in [-0.2, 0) is 0 Å². The zero-order valence-electron chi connectivity index (χ0n) is 9.01. The number of amides is 1. The Morgan fingerprint density at radius 1 is 1.41 bits per heavy atom. The average molecular weight is 296 g/mol. The van der Waals surface area contributed by atoms with Gasteiger partial charge in [0, 0.05) is 5.56 Å². The van der Waals surface area contributed by atoms with Crippen molar-refractivity contribution in [1.82, 2.24) is 9.78 Å². The first kappa shape index (κ1) is 11.7. The van der Waals surface area contributed by atoms with Gasteiger partial charge >= 0.3 is 6.09 Å². The molecule has 0 saturated heterocycles. The lowest BCUT2D eigenvalue weighted by Crippen LogP contribution is -2.12. The number of aromatic nitrogens is 2. The highest BCUT2D eigenvalue weighted by molar-refractivity contribution is 9.10. The molecule has 1 aromatic carbocycles. The van der Waals surface area contributed by atoms with Gasteiger partial charge in [-0.25, -0.2) is 9.48 Å². The number of carbonyl (C=O) groups is 1. The van der Waals surface area contributed by atoms with Gasteiger partial charge in [-0.3, -0.25) is 5.32 Å². The first-order valence-electron chi connectivity index (χ1n) is 4.90. The minimum atomic E-state index is -1.11. The summed E-state index contributed by atoms with van der Waals surface area (Å²) in [7, 11) is 0. The molecule has 1 amide bonds. The summed E-state index contributed by atoms with van der Waals surface area (Å²) in [5.41, 5.74) is 1.54. The van der Waals surface area contributed by atoms with Crippen molar-refractivity contribution in [3.63, 3.8) is 0 Å². The van der Waals surface area contributed by atoms with Gasteiger partial charge in [0.2, 0.25) is 0 Å². The normalized spacial score (nSPS) is 10.2. The van der Waals surface area contributed by atoms with E-state index in [2.05, 4.69) is 26.3 Å². The van der Waals surface area contributed by atoms with Gasteiger partial charge in [0.1, 0.15) is 10.4 Å². The number of rotatable bonds is 2. The maximum atomic E-state index is 10.7. The summed E-state index contributed by atoms with van der Waals surface area (Å²) in [4.78, 5) is 10.7. The summed E-state index contributed by atoms with van der Waals surface area (Å²) in [6, 6.07) is 9.33. The molecule has 17 heavy (non-hydrogen) atoms. The molecule has 0 bridgehead atoms. The van der Waals surface area contributed by atoms with Crippen LogP contribution in [0.15, 0.2) is 34.9 Å². The molecule has 5 nitrogen and oxygen atoms in total. The molecular formula is C11H10BrN3O2. The molecular weight excluding hydrogens is 286 g/mol. The van der Waals surface area contributed by atoms with E-state index in [1.807, 2.05) is 30.3 Å². The van der Waals surface area contributed by atoms with E-state index in [9.17, 15) is 4.79 Å². The Morgan fingerprint density at radius 3 is 2.65 bits per heavy atom. The van der Waals surface area contributed by atoms with Crippen LogP contribution < -0.4 is 5.32 Å². The minimum Gasteiger partial charge on any atom is -0.465 e. The highest BCUT2D eigenvalue weighted by Crippen LogP contribution is 2.26. The molecule has 0 fully saturated rings. The van der Waals surface area contributed by atoms with Crippen molar-refractivity contribution in [2.75, 3.05) is 5.32 Å². The Labute approximate surface area is 106 Å². The van der Waals surface area contributed by atoms with Crippen LogP contribution in [0.1, 0.15) is 5.56 Å². The third kappa shape index (κ3) is 2.31. The van der Waals surface area contributed by atoms with Crippen molar-refractivity contribution in [1.29, 1.82) is 0 Å². The molecule has 0 atom stereocenters. The van der Waals surface area contributed by atoms with Crippen LogP contribution in [0.4, 0.5) is 10.6 Å². The van der Waals surface area contributed by atoms with Crippen molar-refractivity contribution in [2.24, 2.45) is 0 Å². The van der Waals surface area contributed by atoms with Crippen molar-refractivity contribution in [2.45, 2.75) is 6.92 Å². The Morgan fingerprint density at radius 2 is 2.06 bits per heavy atom. The SMILES string of the molecule is Cc1c(Br)nn(-c2ccccc2)c1NC(=O)O. The number of hydrogen-bond donors (Lipinski definition) is 2. The molecule has 2 rings (SSSR count). The first-order chi connectivity index (χ1) is 8.09. The molecule has 0 saturated carbocycles. The van der Waals surface area contributed by atoms with Crippen molar-refractivity contribution in [3.8, 4) is 5.69 Å². The predicted molar refractivity (Wildman–Crippen MR) is 67.6 cm³/mol.